The van der Waals surface area contributed by atoms with Crippen molar-refractivity contribution in [3.05, 3.63) is 72.8 Å². The molecule has 0 aliphatic carbocycles. The predicted octanol–water partition coefficient (Wildman–Crippen LogP) is 4.39. The van der Waals surface area contributed by atoms with Gasteiger partial charge in [0, 0.05) is 50.6 Å². The van der Waals surface area contributed by atoms with Gasteiger partial charge in [0.2, 0.25) is 0 Å². The molecule has 4 heterocycles. The van der Waals surface area contributed by atoms with Gasteiger partial charge in [-0.3, -0.25) is 0 Å². The first-order valence-corrected chi connectivity index (χ1v) is 11.4. The molecule has 0 bridgehead atoms. The summed E-state index contributed by atoms with van der Waals surface area (Å²) >= 11 is 0. The van der Waals surface area contributed by atoms with Gasteiger partial charge in [0.1, 0.15) is 11.3 Å². The molecular formula is C26H28N6O2. The smallest absolute Gasteiger partial charge is 0.253 e. The van der Waals surface area contributed by atoms with Crippen LogP contribution in [0.15, 0.2) is 71.4 Å². The van der Waals surface area contributed by atoms with Crippen LogP contribution in [0.1, 0.15) is 12.7 Å². The molecule has 34 heavy (non-hydrogen) atoms. The SMILES string of the molecule is C/C=C(\C=C/N(C)C)c1cc2nc(-n3ccc(-c4ccccc4)n3)nc(N3CCOCC3)c2o1. The lowest BCUT2D eigenvalue weighted by Crippen LogP contribution is -2.37. The Morgan fingerprint density at radius 1 is 1.06 bits per heavy atom. The summed E-state index contributed by atoms with van der Waals surface area (Å²) in [7, 11) is 3.98. The summed E-state index contributed by atoms with van der Waals surface area (Å²) < 4.78 is 13.6. The summed E-state index contributed by atoms with van der Waals surface area (Å²) in [6, 6.07) is 14.0. The van der Waals surface area contributed by atoms with Crippen LogP contribution < -0.4 is 4.90 Å². The average Bonchev–Trinajstić information content (AvgIpc) is 3.52. The van der Waals surface area contributed by atoms with Crippen LogP contribution in [0.3, 0.4) is 0 Å². The van der Waals surface area contributed by atoms with Crippen LogP contribution in [0.25, 0.3) is 33.9 Å². The van der Waals surface area contributed by atoms with Crippen molar-refractivity contribution in [1.29, 1.82) is 0 Å². The van der Waals surface area contributed by atoms with Crippen molar-refractivity contribution in [3.63, 3.8) is 0 Å². The van der Waals surface area contributed by atoms with E-state index in [1.54, 1.807) is 4.68 Å². The molecule has 1 aliphatic rings. The normalized spacial score (nSPS) is 14.9. The highest BCUT2D eigenvalue weighted by atomic mass is 16.5. The molecule has 0 N–H and O–H groups in total. The molecule has 1 fully saturated rings. The Labute approximate surface area is 198 Å². The van der Waals surface area contributed by atoms with E-state index >= 15 is 0 Å². The van der Waals surface area contributed by atoms with Crippen molar-refractivity contribution in [2.75, 3.05) is 45.3 Å². The van der Waals surface area contributed by atoms with Gasteiger partial charge in [-0.15, -0.1) is 0 Å². The maximum Gasteiger partial charge on any atom is 0.253 e. The first-order valence-electron chi connectivity index (χ1n) is 11.4. The number of rotatable bonds is 6. The summed E-state index contributed by atoms with van der Waals surface area (Å²) in [4.78, 5) is 13.9. The van der Waals surface area contributed by atoms with Crippen molar-refractivity contribution >= 4 is 22.5 Å². The number of hydrogen-bond acceptors (Lipinski definition) is 7. The average molecular weight is 457 g/mol. The lowest BCUT2D eigenvalue weighted by Gasteiger charge is -2.27. The molecule has 0 radical (unpaired) electrons. The zero-order valence-corrected chi connectivity index (χ0v) is 19.7. The minimum Gasteiger partial charge on any atom is -0.450 e. The van der Waals surface area contributed by atoms with Gasteiger partial charge >= 0.3 is 0 Å². The molecule has 8 nitrogen and oxygen atoms in total. The molecule has 0 unspecified atom stereocenters. The maximum absolute atomic E-state index is 6.33. The molecule has 0 amide bonds. The number of aromatic nitrogens is 4. The molecule has 1 saturated heterocycles. The molecule has 1 aliphatic heterocycles. The van der Waals surface area contributed by atoms with Gasteiger partial charge in [0.25, 0.3) is 5.95 Å². The van der Waals surface area contributed by atoms with Gasteiger partial charge in [0.15, 0.2) is 11.4 Å². The monoisotopic (exact) mass is 456 g/mol. The molecule has 8 heteroatoms. The largest absolute Gasteiger partial charge is 0.450 e. The third-order valence-corrected chi connectivity index (χ3v) is 5.66. The van der Waals surface area contributed by atoms with Gasteiger partial charge in [-0.05, 0) is 25.3 Å². The summed E-state index contributed by atoms with van der Waals surface area (Å²) in [5.41, 5.74) is 4.32. The van der Waals surface area contributed by atoms with Crippen molar-refractivity contribution in [2.45, 2.75) is 6.92 Å². The Morgan fingerprint density at radius 2 is 1.85 bits per heavy atom. The van der Waals surface area contributed by atoms with Gasteiger partial charge in [0.05, 0.1) is 18.9 Å². The zero-order chi connectivity index (χ0) is 23.5. The second-order valence-corrected chi connectivity index (χ2v) is 8.31. The first kappa shape index (κ1) is 21.9. The Bertz CT molecular complexity index is 1330. The van der Waals surface area contributed by atoms with Crippen molar-refractivity contribution in [3.8, 4) is 17.2 Å². The minimum absolute atomic E-state index is 0.509. The molecular weight excluding hydrogens is 428 g/mol. The van der Waals surface area contributed by atoms with Gasteiger partial charge in [-0.25, -0.2) is 9.67 Å². The predicted molar refractivity (Wildman–Crippen MR) is 134 cm³/mol. The highest BCUT2D eigenvalue weighted by Crippen LogP contribution is 2.32. The van der Waals surface area contributed by atoms with Crippen LogP contribution in [0, 0.1) is 0 Å². The van der Waals surface area contributed by atoms with Crippen LogP contribution in [0.5, 0.6) is 0 Å². The number of ether oxygens (including phenoxy) is 1. The fraction of sp³-hybridized carbons (Fsp3) is 0.269. The Balaban J connectivity index is 1.60. The molecule has 0 saturated carbocycles. The van der Waals surface area contributed by atoms with Crippen LogP contribution >= 0.6 is 0 Å². The molecule has 0 atom stereocenters. The van der Waals surface area contributed by atoms with E-state index in [-0.39, 0.29) is 0 Å². The Hall–Kier alpha value is -3.91. The Kier molecular flexibility index (Phi) is 6.14. The number of hydrogen-bond donors (Lipinski definition) is 0. The number of furan rings is 1. The van der Waals surface area contributed by atoms with Crippen LogP contribution in [0.4, 0.5) is 5.82 Å². The van der Waals surface area contributed by atoms with Crippen molar-refractivity contribution in [2.24, 2.45) is 0 Å². The molecule has 5 rings (SSSR count). The molecule has 1 aromatic carbocycles. The highest BCUT2D eigenvalue weighted by Gasteiger charge is 2.22. The third-order valence-electron chi connectivity index (χ3n) is 5.66. The molecule has 3 aromatic heterocycles. The van der Waals surface area contributed by atoms with Gasteiger partial charge in [-0.1, -0.05) is 36.4 Å². The van der Waals surface area contributed by atoms with Crippen LogP contribution in [-0.4, -0.2) is 65.0 Å². The van der Waals surface area contributed by atoms with Crippen molar-refractivity contribution < 1.29 is 9.15 Å². The second kappa shape index (κ2) is 9.52. The highest BCUT2D eigenvalue weighted by molar-refractivity contribution is 5.89. The van der Waals surface area contributed by atoms with E-state index in [4.69, 9.17) is 24.2 Å². The first-order chi connectivity index (χ1) is 16.6. The van der Waals surface area contributed by atoms with E-state index in [1.165, 1.54) is 0 Å². The zero-order valence-electron chi connectivity index (χ0n) is 19.7. The lowest BCUT2D eigenvalue weighted by molar-refractivity contribution is 0.122. The number of anilines is 1. The molecule has 174 valence electrons. The summed E-state index contributed by atoms with van der Waals surface area (Å²) in [5.74, 6) is 2.02. The summed E-state index contributed by atoms with van der Waals surface area (Å²) in [5, 5.41) is 4.74. The topological polar surface area (TPSA) is 72.5 Å². The standard InChI is InChI=1S/C26H28N6O2/c1-4-19(10-12-30(2)3)23-18-22-24(34-23)25(31-14-16-33-17-15-31)28-26(27-22)32-13-11-21(29-32)20-8-6-5-7-9-20/h4-13,18H,14-17H2,1-3H3/b12-10-,19-4+. The van der Waals surface area contributed by atoms with Crippen LogP contribution in [0.2, 0.25) is 0 Å². The number of allylic oxidation sites excluding steroid dienone is 3. The quantitative estimate of drug-likeness (QED) is 0.399. The third kappa shape index (κ3) is 4.45. The van der Waals surface area contributed by atoms with E-state index in [0.29, 0.717) is 24.7 Å². The van der Waals surface area contributed by atoms with Gasteiger partial charge in [-0.2, -0.15) is 10.1 Å². The number of morpholine rings is 1. The Morgan fingerprint density at radius 3 is 2.59 bits per heavy atom. The van der Waals surface area contributed by atoms with E-state index in [1.807, 2.05) is 92.9 Å². The van der Waals surface area contributed by atoms with E-state index in [0.717, 1.165) is 47.0 Å². The van der Waals surface area contributed by atoms with Gasteiger partial charge < -0.3 is 19.0 Å². The molecule has 4 aromatic rings. The van der Waals surface area contributed by atoms with Crippen molar-refractivity contribution in [1.82, 2.24) is 24.6 Å². The number of fused-ring (bicyclic) bond motifs is 1. The fourth-order valence-corrected chi connectivity index (χ4v) is 3.89. The van der Waals surface area contributed by atoms with E-state index in [2.05, 4.69) is 4.90 Å². The molecule has 0 spiro atoms. The fourth-order valence-electron chi connectivity index (χ4n) is 3.89. The minimum atomic E-state index is 0.509. The number of nitrogens with zero attached hydrogens (tertiary/aromatic N) is 6. The lowest BCUT2D eigenvalue weighted by atomic mass is 10.2. The number of benzene rings is 1. The second-order valence-electron chi connectivity index (χ2n) is 8.31. The van der Waals surface area contributed by atoms with E-state index in [9.17, 15) is 0 Å². The summed E-state index contributed by atoms with van der Waals surface area (Å²) in [6.45, 7) is 4.79. The van der Waals surface area contributed by atoms with E-state index < -0.39 is 0 Å². The summed E-state index contributed by atoms with van der Waals surface area (Å²) in [6.07, 6.45) is 7.95. The van der Waals surface area contributed by atoms with Crippen LogP contribution in [-0.2, 0) is 4.74 Å². The maximum atomic E-state index is 6.33.